The van der Waals surface area contributed by atoms with Crippen LogP contribution >= 0.6 is 11.6 Å². The second-order valence-electron chi connectivity index (χ2n) is 7.15. The monoisotopic (exact) mass is 372 g/mol. The van der Waals surface area contributed by atoms with Gasteiger partial charge in [-0.05, 0) is 51.2 Å². The van der Waals surface area contributed by atoms with E-state index in [0.717, 1.165) is 18.4 Å². The summed E-state index contributed by atoms with van der Waals surface area (Å²) in [5, 5.41) is 0.444. The van der Waals surface area contributed by atoms with Crippen LogP contribution in [-0.2, 0) is 21.3 Å². The average molecular weight is 373 g/mol. The van der Waals surface area contributed by atoms with Crippen molar-refractivity contribution in [2.75, 3.05) is 18.8 Å². The topological polar surface area (TPSA) is 59.5 Å². The summed E-state index contributed by atoms with van der Waals surface area (Å²) in [7, 11) is -0.931. The van der Waals surface area contributed by atoms with Gasteiger partial charge in [-0.3, -0.25) is 4.21 Å². The Kier molecular flexibility index (Phi) is 6.63. The molecule has 5 nitrogen and oxygen atoms in total. The average Bonchev–Trinajstić information content (AvgIpc) is 2.48. The number of pyridine rings is 1. The van der Waals surface area contributed by atoms with E-state index in [1.54, 1.807) is 17.2 Å². The lowest BCUT2D eigenvalue weighted by molar-refractivity contribution is 0.0191. The summed E-state index contributed by atoms with van der Waals surface area (Å²) in [4.78, 5) is 17.8. The lowest BCUT2D eigenvalue weighted by Gasteiger charge is -2.33. The van der Waals surface area contributed by atoms with Crippen LogP contribution in [0.5, 0.6) is 0 Å². The maximum absolute atomic E-state index is 12.3. The molecule has 1 atom stereocenters. The maximum atomic E-state index is 12.3. The minimum atomic E-state index is -0.931. The van der Waals surface area contributed by atoms with Gasteiger partial charge in [-0.25, -0.2) is 9.78 Å². The van der Waals surface area contributed by atoms with Crippen molar-refractivity contribution in [2.45, 2.75) is 45.0 Å². The Morgan fingerprint density at radius 2 is 2.04 bits per heavy atom. The van der Waals surface area contributed by atoms with Crippen LogP contribution in [0.1, 0.15) is 39.2 Å². The lowest BCUT2D eigenvalue weighted by Crippen LogP contribution is -2.42. The molecule has 1 saturated heterocycles. The molecule has 2 heterocycles. The summed E-state index contributed by atoms with van der Waals surface area (Å²) >= 11 is 5.75. The molecule has 2 rings (SSSR count). The first-order valence-electron chi connectivity index (χ1n) is 8.16. The number of halogens is 1. The maximum Gasteiger partial charge on any atom is 0.410 e. The number of amides is 1. The van der Waals surface area contributed by atoms with Gasteiger partial charge < -0.3 is 9.64 Å². The zero-order valence-corrected chi connectivity index (χ0v) is 16.0. The molecule has 0 radical (unpaired) electrons. The van der Waals surface area contributed by atoms with Crippen LogP contribution < -0.4 is 0 Å². The van der Waals surface area contributed by atoms with E-state index in [1.807, 2.05) is 26.8 Å². The predicted octanol–water partition coefficient (Wildman–Crippen LogP) is 3.63. The van der Waals surface area contributed by atoms with E-state index in [2.05, 4.69) is 4.98 Å². The molecule has 1 fully saturated rings. The van der Waals surface area contributed by atoms with E-state index in [0.29, 0.717) is 35.7 Å². The van der Waals surface area contributed by atoms with Crippen molar-refractivity contribution in [3.63, 3.8) is 0 Å². The van der Waals surface area contributed by atoms with Crippen molar-refractivity contribution in [3.05, 3.63) is 29.0 Å². The van der Waals surface area contributed by atoms with E-state index < -0.39 is 16.4 Å². The van der Waals surface area contributed by atoms with Gasteiger partial charge in [0.1, 0.15) is 10.8 Å². The van der Waals surface area contributed by atoms with Gasteiger partial charge in [0.25, 0.3) is 0 Å². The minimum absolute atomic E-state index is 0.255. The van der Waals surface area contributed by atoms with E-state index in [4.69, 9.17) is 16.3 Å². The van der Waals surface area contributed by atoms with E-state index in [9.17, 15) is 9.00 Å². The molecule has 0 bridgehead atoms. The third-order valence-electron chi connectivity index (χ3n) is 3.80. The largest absolute Gasteiger partial charge is 0.444 e. The number of hydrogen-bond acceptors (Lipinski definition) is 4. The second kappa shape index (κ2) is 8.30. The number of aromatic nitrogens is 1. The molecule has 1 aliphatic heterocycles. The molecule has 134 valence electrons. The first-order valence-corrected chi connectivity index (χ1v) is 10.0. The Bertz CT molecular complexity index is 578. The van der Waals surface area contributed by atoms with Crippen molar-refractivity contribution in [1.82, 2.24) is 9.88 Å². The number of likely N-dealkylation sites (tertiary alicyclic amines) is 1. The Morgan fingerprint density at radius 3 is 2.58 bits per heavy atom. The molecular weight excluding hydrogens is 348 g/mol. The van der Waals surface area contributed by atoms with Gasteiger partial charge in [-0.2, -0.15) is 0 Å². The molecule has 0 unspecified atom stereocenters. The minimum Gasteiger partial charge on any atom is -0.444 e. The van der Waals surface area contributed by atoms with Gasteiger partial charge in [0.05, 0.1) is 5.75 Å². The molecule has 0 N–H and O–H groups in total. The van der Waals surface area contributed by atoms with Crippen LogP contribution in [-0.4, -0.2) is 44.6 Å². The summed E-state index contributed by atoms with van der Waals surface area (Å²) in [6, 6.07) is 3.58. The quantitative estimate of drug-likeness (QED) is 0.757. The first kappa shape index (κ1) is 19.2. The fourth-order valence-electron chi connectivity index (χ4n) is 2.61. The highest BCUT2D eigenvalue weighted by Crippen LogP contribution is 2.21. The Balaban J connectivity index is 1.75. The van der Waals surface area contributed by atoms with E-state index in [1.165, 1.54) is 0 Å². The predicted molar refractivity (Wildman–Crippen MR) is 96.5 cm³/mol. The van der Waals surface area contributed by atoms with Crippen LogP contribution in [0.3, 0.4) is 0 Å². The first-order chi connectivity index (χ1) is 11.2. The van der Waals surface area contributed by atoms with E-state index in [-0.39, 0.29) is 6.09 Å². The molecule has 1 aromatic rings. The fraction of sp³-hybridized carbons (Fsp3) is 0.647. The van der Waals surface area contributed by atoms with Crippen LogP contribution in [0.15, 0.2) is 18.3 Å². The highest BCUT2D eigenvalue weighted by atomic mass is 35.5. The van der Waals surface area contributed by atoms with Crippen molar-refractivity contribution in [2.24, 2.45) is 5.92 Å². The molecule has 0 spiro atoms. The van der Waals surface area contributed by atoms with Gasteiger partial charge >= 0.3 is 6.09 Å². The van der Waals surface area contributed by atoms with Crippen LogP contribution in [0, 0.1) is 5.92 Å². The summed E-state index contributed by atoms with van der Waals surface area (Å²) in [6.07, 6.45) is 3.15. The molecule has 1 amide bonds. The molecule has 7 heteroatoms. The van der Waals surface area contributed by atoms with Crippen molar-refractivity contribution in [3.8, 4) is 0 Å². The summed E-state index contributed by atoms with van der Waals surface area (Å²) in [5.41, 5.74) is 0.464. The van der Waals surface area contributed by atoms with Crippen molar-refractivity contribution < 1.29 is 13.7 Å². The second-order valence-corrected chi connectivity index (χ2v) is 9.04. The van der Waals surface area contributed by atoms with Gasteiger partial charge in [0.15, 0.2) is 0 Å². The normalized spacial score (nSPS) is 17.6. The zero-order chi connectivity index (χ0) is 17.7. The molecule has 0 saturated carbocycles. The Morgan fingerprint density at radius 1 is 1.38 bits per heavy atom. The van der Waals surface area contributed by atoms with Crippen molar-refractivity contribution in [1.29, 1.82) is 0 Å². The van der Waals surface area contributed by atoms with Gasteiger partial charge in [0.2, 0.25) is 0 Å². The highest BCUT2D eigenvalue weighted by Gasteiger charge is 2.27. The molecule has 1 aromatic heterocycles. The summed E-state index contributed by atoms with van der Waals surface area (Å²) in [6.45, 7) is 6.93. The highest BCUT2D eigenvalue weighted by molar-refractivity contribution is 7.84. The molecule has 1 aliphatic rings. The number of piperidine rings is 1. The smallest absolute Gasteiger partial charge is 0.410 e. The number of carbonyl (C=O) groups is 1. The standard InChI is InChI=1S/C17H25ClN2O3S/c1-17(2,3)23-16(21)20-8-6-13(7-9-20)11-24(22)12-14-4-5-15(18)19-10-14/h4-5,10,13H,6-9,11-12H2,1-3H3/t24-/m1/s1. The summed E-state index contributed by atoms with van der Waals surface area (Å²) < 4.78 is 17.7. The Hall–Kier alpha value is -1.14. The molecule has 0 aliphatic carbocycles. The van der Waals surface area contributed by atoms with Gasteiger partial charge in [-0.1, -0.05) is 17.7 Å². The fourth-order valence-corrected chi connectivity index (χ4v) is 4.24. The Labute approximate surface area is 151 Å². The zero-order valence-electron chi connectivity index (χ0n) is 14.5. The van der Waals surface area contributed by atoms with Crippen LogP contribution in [0.4, 0.5) is 4.79 Å². The lowest BCUT2D eigenvalue weighted by atomic mass is 9.99. The number of ether oxygens (including phenoxy) is 1. The number of rotatable bonds is 4. The SMILES string of the molecule is CC(C)(C)OC(=O)N1CCC(C[S@@](=O)Cc2ccc(Cl)nc2)CC1. The molecular formula is C17H25ClN2O3S. The van der Waals surface area contributed by atoms with Crippen LogP contribution in [0.2, 0.25) is 5.15 Å². The van der Waals surface area contributed by atoms with Gasteiger partial charge in [-0.15, -0.1) is 0 Å². The van der Waals surface area contributed by atoms with Gasteiger partial charge in [0, 0.05) is 35.8 Å². The molecule has 24 heavy (non-hydrogen) atoms. The van der Waals surface area contributed by atoms with Crippen molar-refractivity contribution >= 4 is 28.5 Å². The summed E-state index contributed by atoms with van der Waals surface area (Å²) in [5.74, 6) is 1.53. The third-order valence-corrected chi connectivity index (χ3v) is 5.53. The van der Waals surface area contributed by atoms with E-state index >= 15 is 0 Å². The molecule has 0 aromatic carbocycles. The number of nitrogens with zero attached hydrogens (tertiary/aromatic N) is 2. The number of hydrogen-bond donors (Lipinski definition) is 0. The van der Waals surface area contributed by atoms with Crippen LogP contribution in [0.25, 0.3) is 0 Å². The third kappa shape index (κ3) is 6.40. The number of carbonyl (C=O) groups excluding carboxylic acids is 1.